The summed E-state index contributed by atoms with van der Waals surface area (Å²) < 4.78 is 13.0. The first-order chi connectivity index (χ1) is 8.84. The lowest BCUT2D eigenvalue weighted by Crippen LogP contribution is -2.35. The van der Waals surface area contributed by atoms with Gasteiger partial charge in [-0.25, -0.2) is 0 Å². The second-order valence-electron chi connectivity index (χ2n) is 4.36. The van der Waals surface area contributed by atoms with Crippen molar-refractivity contribution in [3.63, 3.8) is 0 Å². The van der Waals surface area contributed by atoms with Gasteiger partial charge >= 0.3 is 0 Å². The highest BCUT2D eigenvalue weighted by Gasteiger charge is 2.14. The van der Waals surface area contributed by atoms with Crippen LogP contribution >= 0.6 is 23.5 Å². The first-order valence-corrected chi connectivity index (χ1v) is 8.03. The molecule has 0 bridgehead atoms. The van der Waals surface area contributed by atoms with Crippen molar-refractivity contribution in [3.8, 4) is 5.88 Å². The van der Waals surface area contributed by atoms with Gasteiger partial charge in [0, 0.05) is 18.3 Å². The molecule has 2 rings (SSSR count). The van der Waals surface area contributed by atoms with Gasteiger partial charge in [-0.15, -0.1) is 4.37 Å². The molecular weight excluding hydrogens is 270 g/mol. The van der Waals surface area contributed by atoms with Crippen LogP contribution in [0.15, 0.2) is 6.20 Å². The third kappa shape index (κ3) is 5.09. The fourth-order valence-corrected chi connectivity index (χ4v) is 3.48. The fraction of sp³-hybridized carbons (Fsp3) is 0.818. The van der Waals surface area contributed by atoms with Crippen LogP contribution in [0.25, 0.3) is 0 Å². The Labute approximate surface area is 116 Å². The van der Waals surface area contributed by atoms with E-state index in [4.69, 9.17) is 4.74 Å². The van der Waals surface area contributed by atoms with Gasteiger partial charge in [-0.2, -0.15) is 16.1 Å². The summed E-state index contributed by atoms with van der Waals surface area (Å²) in [7, 11) is 0. The molecule has 1 aromatic rings. The average molecular weight is 289 g/mol. The second-order valence-corrected chi connectivity index (χ2v) is 6.32. The largest absolute Gasteiger partial charge is 0.473 e. The van der Waals surface area contributed by atoms with Crippen LogP contribution in [0, 0.1) is 0 Å². The van der Waals surface area contributed by atoms with Crippen molar-refractivity contribution in [2.24, 2.45) is 0 Å². The second kappa shape index (κ2) is 7.93. The van der Waals surface area contributed by atoms with Crippen LogP contribution in [0.1, 0.15) is 19.3 Å². The molecule has 0 saturated carbocycles. The monoisotopic (exact) mass is 289 g/mol. The topological polar surface area (TPSA) is 67.3 Å². The van der Waals surface area contributed by atoms with Crippen molar-refractivity contribution < 1.29 is 9.84 Å². The quantitative estimate of drug-likeness (QED) is 0.785. The maximum absolute atomic E-state index is 9.74. The van der Waals surface area contributed by atoms with E-state index in [0.29, 0.717) is 17.7 Å². The zero-order valence-corrected chi connectivity index (χ0v) is 11.9. The Kier molecular flexibility index (Phi) is 6.19. The standard InChI is InChI=1S/C11H19N3O2S2/c15-9(8-16-11-7-13-18-14-11)5-12-6-10-3-1-2-4-17-10/h7,9-10,12,15H,1-6,8H2. The molecule has 2 heterocycles. The van der Waals surface area contributed by atoms with E-state index in [-0.39, 0.29) is 6.61 Å². The molecule has 2 atom stereocenters. The van der Waals surface area contributed by atoms with Crippen molar-refractivity contribution in [3.05, 3.63) is 6.20 Å². The number of hydrogen-bond acceptors (Lipinski definition) is 7. The lowest BCUT2D eigenvalue weighted by atomic mass is 10.2. The number of thioether (sulfide) groups is 1. The number of nitrogens with zero attached hydrogens (tertiary/aromatic N) is 2. The number of ether oxygens (including phenoxy) is 1. The number of aromatic nitrogens is 2. The molecule has 2 unspecified atom stereocenters. The lowest BCUT2D eigenvalue weighted by Gasteiger charge is -2.22. The van der Waals surface area contributed by atoms with E-state index in [0.717, 1.165) is 18.3 Å². The Balaban J connectivity index is 1.52. The summed E-state index contributed by atoms with van der Waals surface area (Å²) in [6.07, 6.45) is 5.03. The number of aliphatic hydroxyl groups is 1. The van der Waals surface area contributed by atoms with E-state index in [2.05, 4.69) is 14.1 Å². The van der Waals surface area contributed by atoms with Crippen LogP contribution in [0.4, 0.5) is 0 Å². The highest BCUT2D eigenvalue weighted by atomic mass is 32.2. The molecule has 18 heavy (non-hydrogen) atoms. The molecule has 0 radical (unpaired) electrons. The molecule has 7 heteroatoms. The third-order valence-electron chi connectivity index (χ3n) is 2.79. The van der Waals surface area contributed by atoms with Crippen LogP contribution < -0.4 is 10.1 Å². The number of aliphatic hydroxyl groups excluding tert-OH is 1. The van der Waals surface area contributed by atoms with Crippen molar-refractivity contribution >= 4 is 23.5 Å². The maximum atomic E-state index is 9.74. The van der Waals surface area contributed by atoms with Crippen LogP contribution in [0.2, 0.25) is 0 Å². The Bertz CT molecular complexity index is 318. The summed E-state index contributed by atoms with van der Waals surface area (Å²) in [6, 6.07) is 0. The van der Waals surface area contributed by atoms with E-state index in [1.165, 1.54) is 25.0 Å². The van der Waals surface area contributed by atoms with Crippen molar-refractivity contribution in [2.45, 2.75) is 30.6 Å². The molecule has 1 saturated heterocycles. The van der Waals surface area contributed by atoms with Crippen molar-refractivity contribution in [1.82, 2.24) is 14.1 Å². The van der Waals surface area contributed by atoms with Gasteiger partial charge in [0.2, 0.25) is 5.88 Å². The Hall–Kier alpha value is -0.370. The smallest absolute Gasteiger partial charge is 0.245 e. The molecule has 0 spiro atoms. The molecule has 5 nitrogen and oxygen atoms in total. The van der Waals surface area contributed by atoms with Gasteiger partial charge < -0.3 is 15.2 Å². The predicted molar refractivity (Wildman–Crippen MR) is 74.4 cm³/mol. The van der Waals surface area contributed by atoms with E-state index in [1.807, 2.05) is 11.8 Å². The zero-order valence-electron chi connectivity index (χ0n) is 10.2. The van der Waals surface area contributed by atoms with Crippen LogP contribution in [-0.4, -0.2) is 50.7 Å². The third-order valence-corrected chi connectivity index (χ3v) is 4.65. The average Bonchev–Trinajstić information content (AvgIpc) is 2.91. The summed E-state index contributed by atoms with van der Waals surface area (Å²) >= 11 is 3.14. The number of nitrogens with one attached hydrogen (secondary N) is 1. The van der Waals surface area contributed by atoms with Crippen LogP contribution in [0.3, 0.4) is 0 Å². The highest BCUT2D eigenvalue weighted by Crippen LogP contribution is 2.24. The van der Waals surface area contributed by atoms with Gasteiger partial charge in [-0.1, -0.05) is 6.42 Å². The van der Waals surface area contributed by atoms with Crippen LogP contribution in [0.5, 0.6) is 5.88 Å². The summed E-state index contributed by atoms with van der Waals surface area (Å²) in [4.78, 5) is 0. The Morgan fingerprint density at radius 3 is 3.22 bits per heavy atom. The summed E-state index contributed by atoms with van der Waals surface area (Å²) in [5, 5.41) is 13.7. The van der Waals surface area contributed by atoms with Gasteiger partial charge in [0.25, 0.3) is 0 Å². The van der Waals surface area contributed by atoms with E-state index in [9.17, 15) is 5.11 Å². The Morgan fingerprint density at radius 1 is 1.56 bits per heavy atom. The highest BCUT2D eigenvalue weighted by molar-refractivity contribution is 7.99. The van der Waals surface area contributed by atoms with Crippen LogP contribution in [-0.2, 0) is 0 Å². The molecule has 1 fully saturated rings. The van der Waals surface area contributed by atoms with E-state index >= 15 is 0 Å². The molecule has 1 aliphatic rings. The Morgan fingerprint density at radius 2 is 2.50 bits per heavy atom. The summed E-state index contributed by atoms with van der Waals surface area (Å²) in [5.74, 6) is 1.76. The SMILES string of the molecule is OC(CNCC1CCCCS1)COc1cnsn1. The molecule has 0 amide bonds. The minimum Gasteiger partial charge on any atom is -0.473 e. The fourth-order valence-electron chi connectivity index (χ4n) is 1.84. The first-order valence-electron chi connectivity index (χ1n) is 6.25. The molecule has 0 aromatic carbocycles. The minimum absolute atomic E-state index is 0.260. The first kappa shape index (κ1) is 14.0. The molecule has 102 valence electrons. The number of rotatable bonds is 7. The molecular formula is C11H19N3O2S2. The summed E-state index contributed by atoms with van der Waals surface area (Å²) in [6.45, 7) is 1.80. The van der Waals surface area contributed by atoms with E-state index in [1.54, 1.807) is 6.20 Å². The van der Waals surface area contributed by atoms with Gasteiger partial charge in [-0.05, 0) is 18.6 Å². The molecule has 1 aromatic heterocycles. The van der Waals surface area contributed by atoms with Gasteiger partial charge in [0.1, 0.15) is 18.9 Å². The van der Waals surface area contributed by atoms with Gasteiger partial charge in [0.15, 0.2) is 0 Å². The maximum Gasteiger partial charge on any atom is 0.245 e. The van der Waals surface area contributed by atoms with Gasteiger partial charge in [-0.3, -0.25) is 0 Å². The molecule has 0 aliphatic carbocycles. The lowest BCUT2D eigenvalue weighted by molar-refractivity contribution is 0.104. The van der Waals surface area contributed by atoms with Crippen molar-refractivity contribution in [1.29, 1.82) is 0 Å². The summed E-state index contributed by atoms with van der Waals surface area (Å²) in [5.41, 5.74) is 0. The van der Waals surface area contributed by atoms with Crippen molar-refractivity contribution in [2.75, 3.05) is 25.4 Å². The minimum atomic E-state index is -0.500. The normalized spacial score (nSPS) is 21.7. The zero-order chi connectivity index (χ0) is 12.6. The van der Waals surface area contributed by atoms with Gasteiger partial charge in [0.05, 0.1) is 11.7 Å². The molecule has 1 aliphatic heterocycles. The van der Waals surface area contributed by atoms with E-state index < -0.39 is 6.10 Å². The molecule has 2 N–H and O–H groups in total. The number of hydrogen-bond donors (Lipinski definition) is 2. The predicted octanol–water partition coefficient (Wildman–Crippen LogP) is 1.15.